The van der Waals surface area contributed by atoms with E-state index in [9.17, 15) is 4.79 Å². The maximum Gasteiger partial charge on any atom is 0.254 e. The summed E-state index contributed by atoms with van der Waals surface area (Å²) in [6.45, 7) is 0.539. The molecule has 0 spiro atoms. The first-order valence-electron chi connectivity index (χ1n) is 12.6. The lowest BCUT2D eigenvalue weighted by molar-refractivity contribution is 0.0954. The highest BCUT2D eigenvalue weighted by Gasteiger charge is 2.29. The average Bonchev–Trinajstić information content (AvgIpc) is 3.68. The van der Waals surface area contributed by atoms with E-state index >= 15 is 0 Å². The molecule has 2 atom stereocenters. The quantitative estimate of drug-likeness (QED) is 0.277. The van der Waals surface area contributed by atoms with Crippen molar-refractivity contribution in [1.29, 1.82) is 0 Å². The second-order valence-corrected chi connectivity index (χ2v) is 9.43. The first kappa shape index (κ1) is 24.9. The molecule has 196 valence electrons. The van der Waals surface area contributed by atoms with Crippen molar-refractivity contribution in [2.75, 3.05) is 25.6 Å². The summed E-state index contributed by atoms with van der Waals surface area (Å²) in [6.07, 6.45) is 11.4. The normalized spacial score (nSPS) is 17.5. The van der Waals surface area contributed by atoms with E-state index in [2.05, 4.69) is 20.7 Å². The molecule has 12 nitrogen and oxygen atoms in total. The maximum absolute atomic E-state index is 13.6. The number of aliphatic hydroxyl groups is 1. The number of fused-ring (bicyclic) bond motifs is 1. The van der Waals surface area contributed by atoms with Crippen molar-refractivity contribution >= 4 is 17.2 Å². The minimum atomic E-state index is -0.237. The van der Waals surface area contributed by atoms with Crippen LogP contribution in [0.15, 0.2) is 30.9 Å². The Hall–Kier alpha value is -3.77. The van der Waals surface area contributed by atoms with Gasteiger partial charge in [-0.1, -0.05) is 0 Å². The number of nitrogens with zero attached hydrogens (tertiary/aromatic N) is 7. The minimum Gasteiger partial charge on any atom is -0.396 e. The number of hydrogen-bond donors (Lipinski definition) is 3. The monoisotopic (exact) mass is 507 g/mol. The van der Waals surface area contributed by atoms with Crippen LogP contribution in [0, 0.1) is 0 Å². The van der Waals surface area contributed by atoms with Crippen molar-refractivity contribution in [2.45, 2.75) is 44.2 Å². The number of imidazole rings is 1. The molecule has 1 aliphatic carbocycles. The van der Waals surface area contributed by atoms with Crippen LogP contribution >= 0.6 is 0 Å². The van der Waals surface area contributed by atoms with Crippen molar-refractivity contribution in [2.24, 2.45) is 14.1 Å². The number of hydrogen-bond acceptors (Lipinski definition) is 8. The van der Waals surface area contributed by atoms with Crippen LogP contribution in [-0.4, -0.2) is 77.4 Å². The number of nitrogens with one attached hydrogen (secondary N) is 2. The highest BCUT2D eigenvalue weighted by molar-refractivity contribution is 6.09. The van der Waals surface area contributed by atoms with E-state index in [4.69, 9.17) is 19.9 Å². The molecule has 3 N–H and O–H groups in total. The van der Waals surface area contributed by atoms with Crippen LogP contribution in [0.25, 0.3) is 28.4 Å². The molecule has 0 aliphatic heterocycles. The number of rotatable bonds is 10. The Labute approximate surface area is 214 Å². The van der Waals surface area contributed by atoms with E-state index in [0.717, 1.165) is 19.3 Å². The second kappa shape index (κ2) is 10.7. The summed E-state index contributed by atoms with van der Waals surface area (Å²) >= 11 is 0. The molecule has 1 aliphatic rings. The topological polar surface area (TPSA) is 136 Å². The van der Waals surface area contributed by atoms with Crippen LogP contribution in [0.2, 0.25) is 0 Å². The molecular weight excluding hydrogens is 474 g/mol. The smallest absolute Gasteiger partial charge is 0.254 e. The molecule has 1 amide bonds. The van der Waals surface area contributed by atoms with Gasteiger partial charge in [0.1, 0.15) is 5.52 Å². The molecule has 4 aromatic rings. The second-order valence-electron chi connectivity index (χ2n) is 9.43. The van der Waals surface area contributed by atoms with Gasteiger partial charge in [-0.05, 0) is 38.2 Å². The number of ether oxygens (including phenoxy) is 1. The third-order valence-electron chi connectivity index (χ3n) is 6.80. The van der Waals surface area contributed by atoms with E-state index in [0.29, 0.717) is 59.2 Å². The van der Waals surface area contributed by atoms with Crippen LogP contribution in [0.4, 0.5) is 5.82 Å². The number of aryl methyl sites for hydroxylation is 2. The van der Waals surface area contributed by atoms with Crippen LogP contribution in [0.3, 0.4) is 0 Å². The summed E-state index contributed by atoms with van der Waals surface area (Å²) in [5.74, 6) is 1.40. The largest absolute Gasteiger partial charge is 0.396 e. The van der Waals surface area contributed by atoms with Crippen LogP contribution < -0.4 is 10.6 Å². The van der Waals surface area contributed by atoms with Gasteiger partial charge in [0.15, 0.2) is 11.6 Å². The molecule has 0 bridgehead atoms. The molecule has 4 aromatic heterocycles. The Balaban J connectivity index is 1.65. The van der Waals surface area contributed by atoms with Gasteiger partial charge in [0.2, 0.25) is 5.82 Å². The maximum atomic E-state index is 13.6. The third-order valence-corrected chi connectivity index (χ3v) is 6.80. The van der Waals surface area contributed by atoms with Crippen LogP contribution in [-0.2, 0) is 18.8 Å². The Bertz CT molecular complexity index is 1390. The highest BCUT2D eigenvalue weighted by atomic mass is 16.5. The molecule has 0 saturated heterocycles. The predicted octanol–water partition coefficient (Wildman–Crippen LogP) is 2.01. The summed E-state index contributed by atoms with van der Waals surface area (Å²) in [4.78, 5) is 22.9. The highest BCUT2D eigenvalue weighted by Crippen LogP contribution is 2.34. The molecular formula is C25H33N9O3. The van der Waals surface area contributed by atoms with Crippen molar-refractivity contribution in [3.63, 3.8) is 0 Å². The summed E-state index contributed by atoms with van der Waals surface area (Å²) in [5, 5.41) is 25.0. The fraction of sp³-hybridized carbons (Fsp3) is 0.480. The number of methoxy groups -OCH3 is 1. The lowest BCUT2D eigenvalue weighted by atomic mass is 10.1. The van der Waals surface area contributed by atoms with E-state index in [1.54, 1.807) is 22.5 Å². The molecule has 5 rings (SSSR count). The third kappa shape index (κ3) is 5.07. The SMILES string of the molecule is CO[C@H]1CC[C@H](Nc2nc(-c3nccn3C)nn3cc(-c4ccn(C)n4)c(C(=O)NCCCCO)c23)C1. The molecule has 1 saturated carbocycles. The van der Waals surface area contributed by atoms with Crippen molar-refractivity contribution < 1.29 is 14.6 Å². The molecule has 0 radical (unpaired) electrons. The molecule has 1 fully saturated rings. The number of amides is 1. The van der Waals surface area contributed by atoms with Crippen molar-refractivity contribution in [1.82, 2.24) is 39.2 Å². The summed E-state index contributed by atoms with van der Waals surface area (Å²) in [6, 6.07) is 2.02. The number of carbonyl (C=O) groups is 1. The number of anilines is 1. The number of aliphatic hydroxyl groups excluding tert-OH is 1. The van der Waals surface area contributed by atoms with E-state index in [-0.39, 0.29) is 24.7 Å². The van der Waals surface area contributed by atoms with Crippen molar-refractivity contribution in [3.8, 4) is 22.9 Å². The lowest BCUT2D eigenvalue weighted by Crippen LogP contribution is -2.26. The van der Waals surface area contributed by atoms with E-state index in [1.165, 1.54) is 0 Å². The first-order valence-corrected chi connectivity index (χ1v) is 12.6. The molecule has 0 aromatic carbocycles. The van der Waals surface area contributed by atoms with Gasteiger partial charge in [-0.25, -0.2) is 14.5 Å². The van der Waals surface area contributed by atoms with Gasteiger partial charge in [-0.3, -0.25) is 9.48 Å². The summed E-state index contributed by atoms with van der Waals surface area (Å²) in [5.41, 5.74) is 2.37. The number of unbranched alkanes of at least 4 members (excludes halogenated alkanes) is 1. The summed E-state index contributed by atoms with van der Waals surface area (Å²) < 4.78 is 10.8. The minimum absolute atomic E-state index is 0.0892. The van der Waals surface area contributed by atoms with Crippen molar-refractivity contribution in [3.05, 3.63) is 36.4 Å². The van der Waals surface area contributed by atoms with Gasteiger partial charge in [0, 0.05) is 70.7 Å². The zero-order valence-electron chi connectivity index (χ0n) is 21.4. The Morgan fingerprint density at radius 3 is 2.76 bits per heavy atom. The van der Waals surface area contributed by atoms with E-state index in [1.807, 2.05) is 43.3 Å². The molecule has 37 heavy (non-hydrogen) atoms. The van der Waals surface area contributed by atoms with Gasteiger partial charge >= 0.3 is 0 Å². The van der Waals surface area contributed by atoms with E-state index < -0.39 is 0 Å². The molecule has 0 unspecified atom stereocenters. The summed E-state index contributed by atoms with van der Waals surface area (Å²) in [7, 11) is 5.47. The number of aromatic nitrogens is 7. The van der Waals surface area contributed by atoms with Crippen LogP contribution in [0.1, 0.15) is 42.5 Å². The van der Waals surface area contributed by atoms with Gasteiger partial charge in [-0.15, -0.1) is 5.10 Å². The van der Waals surface area contributed by atoms with Crippen LogP contribution in [0.5, 0.6) is 0 Å². The fourth-order valence-corrected chi connectivity index (χ4v) is 4.85. The zero-order chi connectivity index (χ0) is 25.9. The fourth-order valence-electron chi connectivity index (χ4n) is 4.85. The standard InChI is InChI=1S/C25H33N9O3/c1-32-12-10-26-24(32)23-29-22(28-16-6-7-17(14-16)37-3)21-20(25(36)27-9-4-5-13-35)18(15-34(21)31-23)19-8-11-33(2)30-19/h8,10-12,15-17,35H,4-7,9,13-14H2,1-3H3,(H,27,36)(H,28,29,31)/t16-,17-/m0/s1. The predicted molar refractivity (Wildman–Crippen MR) is 138 cm³/mol. The van der Waals surface area contributed by atoms with Gasteiger partial charge in [0.05, 0.1) is 17.4 Å². The zero-order valence-corrected chi connectivity index (χ0v) is 21.4. The Morgan fingerprint density at radius 1 is 1.22 bits per heavy atom. The lowest BCUT2D eigenvalue weighted by Gasteiger charge is -2.16. The molecule has 12 heteroatoms. The average molecular weight is 508 g/mol. The number of carbonyl (C=O) groups excluding carboxylic acids is 1. The Morgan fingerprint density at radius 2 is 2.08 bits per heavy atom. The van der Waals surface area contributed by atoms with Gasteiger partial charge < -0.3 is 25.0 Å². The Kier molecular flexibility index (Phi) is 7.19. The van der Waals surface area contributed by atoms with Gasteiger partial charge in [-0.2, -0.15) is 5.10 Å². The molecule has 4 heterocycles. The van der Waals surface area contributed by atoms with Gasteiger partial charge in [0.25, 0.3) is 5.91 Å². The first-order chi connectivity index (χ1) is 18.0.